The Bertz CT molecular complexity index is 742. The number of carbonyl (C=O) groups is 3. The highest BCUT2D eigenvalue weighted by Crippen LogP contribution is 2.27. The van der Waals surface area contributed by atoms with Crippen LogP contribution in [0, 0.1) is 25.7 Å². The number of benzene rings is 1. The van der Waals surface area contributed by atoms with E-state index in [4.69, 9.17) is 10.6 Å². The summed E-state index contributed by atoms with van der Waals surface area (Å²) in [4.78, 5) is 38.7. The van der Waals surface area contributed by atoms with Crippen molar-refractivity contribution in [3.8, 4) is 0 Å². The highest BCUT2D eigenvalue weighted by atomic mass is 16.6. The molecule has 0 saturated carbocycles. The summed E-state index contributed by atoms with van der Waals surface area (Å²) < 4.78 is 5.35. The number of hydrogen-bond donors (Lipinski definition) is 3. The number of nitrogens with one attached hydrogen (secondary N) is 2. The SMILES string of the molecule is Cc1ccc(NC(=O)[C@H]2CN(C(=O)OC(C)(C)C)C[C@@H]2C(=O)NN)c(C)c1. The largest absolute Gasteiger partial charge is 0.444 e. The molecule has 1 aromatic rings. The van der Waals surface area contributed by atoms with Crippen LogP contribution in [0.15, 0.2) is 18.2 Å². The van der Waals surface area contributed by atoms with Gasteiger partial charge < -0.3 is 15.0 Å². The smallest absolute Gasteiger partial charge is 0.410 e. The fourth-order valence-electron chi connectivity index (χ4n) is 3.10. The summed E-state index contributed by atoms with van der Waals surface area (Å²) in [5.41, 5.74) is 4.10. The minimum atomic E-state index is -0.742. The molecule has 0 aromatic heterocycles. The summed E-state index contributed by atoms with van der Waals surface area (Å²) in [6.45, 7) is 9.30. The third-order valence-corrected chi connectivity index (χ3v) is 4.43. The van der Waals surface area contributed by atoms with Crippen molar-refractivity contribution in [1.29, 1.82) is 0 Å². The molecule has 3 amide bonds. The lowest BCUT2D eigenvalue weighted by atomic mass is 9.94. The van der Waals surface area contributed by atoms with Crippen LogP contribution in [0.5, 0.6) is 0 Å². The second-order valence-corrected chi connectivity index (χ2v) is 7.91. The molecule has 2 rings (SSSR count). The molecule has 0 aliphatic carbocycles. The van der Waals surface area contributed by atoms with Gasteiger partial charge in [-0.2, -0.15) is 0 Å². The van der Waals surface area contributed by atoms with Crippen LogP contribution in [0.25, 0.3) is 0 Å². The molecule has 1 heterocycles. The van der Waals surface area contributed by atoms with Gasteiger partial charge in [-0.1, -0.05) is 17.7 Å². The summed E-state index contributed by atoms with van der Waals surface area (Å²) >= 11 is 0. The Morgan fingerprint density at radius 3 is 2.22 bits per heavy atom. The number of aryl methyl sites for hydroxylation is 2. The minimum absolute atomic E-state index is 0.0723. The third kappa shape index (κ3) is 5.19. The third-order valence-electron chi connectivity index (χ3n) is 4.43. The number of anilines is 1. The minimum Gasteiger partial charge on any atom is -0.444 e. The summed E-state index contributed by atoms with van der Waals surface area (Å²) in [7, 11) is 0. The predicted octanol–water partition coefficient (Wildman–Crippen LogP) is 1.71. The van der Waals surface area contributed by atoms with Crippen LogP contribution in [-0.2, 0) is 14.3 Å². The molecule has 0 bridgehead atoms. The van der Waals surface area contributed by atoms with Crippen molar-refractivity contribution in [3.05, 3.63) is 29.3 Å². The van der Waals surface area contributed by atoms with Crippen molar-refractivity contribution in [2.24, 2.45) is 17.7 Å². The van der Waals surface area contributed by atoms with Crippen molar-refractivity contribution in [2.75, 3.05) is 18.4 Å². The van der Waals surface area contributed by atoms with Crippen LogP contribution in [-0.4, -0.2) is 41.5 Å². The van der Waals surface area contributed by atoms with Gasteiger partial charge in [-0.05, 0) is 46.2 Å². The molecule has 2 atom stereocenters. The van der Waals surface area contributed by atoms with Gasteiger partial charge in [-0.15, -0.1) is 0 Å². The first-order chi connectivity index (χ1) is 12.5. The number of rotatable bonds is 3. The fourth-order valence-corrected chi connectivity index (χ4v) is 3.10. The highest BCUT2D eigenvalue weighted by Gasteiger charge is 2.44. The average molecular weight is 376 g/mol. The predicted molar refractivity (Wildman–Crippen MR) is 102 cm³/mol. The lowest BCUT2D eigenvalue weighted by Crippen LogP contribution is -2.42. The van der Waals surface area contributed by atoms with Crippen molar-refractivity contribution >= 4 is 23.6 Å². The van der Waals surface area contributed by atoms with Crippen LogP contribution >= 0.6 is 0 Å². The number of ether oxygens (including phenoxy) is 1. The second-order valence-electron chi connectivity index (χ2n) is 7.91. The van der Waals surface area contributed by atoms with Crippen LogP contribution < -0.4 is 16.6 Å². The Hall–Kier alpha value is -2.61. The van der Waals surface area contributed by atoms with E-state index in [1.807, 2.05) is 32.0 Å². The summed E-state index contributed by atoms with van der Waals surface area (Å²) in [5.74, 6) is 2.99. The maximum Gasteiger partial charge on any atom is 0.410 e. The zero-order chi connectivity index (χ0) is 20.4. The Balaban J connectivity index is 2.17. The van der Waals surface area contributed by atoms with E-state index in [1.54, 1.807) is 20.8 Å². The van der Waals surface area contributed by atoms with Gasteiger partial charge in [0.05, 0.1) is 11.8 Å². The summed E-state index contributed by atoms with van der Waals surface area (Å²) in [6, 6.07) is 5.68. The number of hydrogen-bond acceptors (Lipinski definition) is 5. The summed E-state index contributed by atoms with van der Waals surface area (Å²) in [6.07, 6.45) is -0.556. The number of nitrogens with zero attached hydrogens (tertiary/aromatic N) is 1. The average Bonchev–Trinajstić information content (AvgIpc) is 3.00. The molecule has 0 unspecified atom stereocenters. The van der Waals surface area contributed by atoms with E-state index in [2.05, 4.69) is 10.7 Å². The Morgan fingerprint density at radius 2 is 1.70 bits per heavy atom. The first-order valence-corrected chi connectivity index (χ1v) is 8.88. The van der Waals surface area contributed by atoms with Crippen LogP contribution in [0.2, 0.25) is 0 Å². The molecule has 8 nitrogen and oxygen atoms in total. The zero-order valence-electron chi connectivity index (χ0n) is 16.5. The Labute approximate surface area is 159 Å². The van der Waals surface area contributed by atoms with Gasteiger partial charge in [0.1, 0.15) is 5.60 Å². The molecular formula is C19H28N4O4. The number of hydrazine groups is 1. The summed E-state index contributed by atoms with van der Waals surface area (Å²) in [5, 5.41) is 2.86. The number of carbonyl (C=O) groups excluding carboxylic acids is 3. The van der Waals surface area contributed by atoms with Gasteiger partial charge in [0, 0.05) is 18.8 Å². The number of nitrogens with two attached hydrogens (primary N) is 1. The molecule has 27 heavy (non-hydrogen) atoms. The molecule has 1 aliphatic rings. The molecule has 0 radical (unpaired) electrons. The van der Waals surface area contributed by atoms with E-state index < -0.39 is 29.4 Å². The zero-order valence-corrected chi connectivity index (χ0v) is 16.5. The van der Waals surface area contributed by atoms with Crippen molar-refractivity contribution in [1.82, 2.24) is 10.3 Å². The number of likely N-dealkylation sites (tertiary alicyclic amines) is 1. The van der Waals surface area contributed by atoms with Gasteiger partial charge >= 0.3 is 6.09 Å². The van der Waals surface area contributed by atoms with Gasteiger partial charge in [0.15, 0.2) is 0 Å². The van der Waals surface area contributed by atoms with Gasteiger partial charge in [-0.3, -0.25) is 15.0 Å². The normalized spacial score (nSPS) is 19.6. The first-order valence-electron chi connectivity index (χ1n) is 8.88. The van der Waals surface area contributed by atoms with Gasteiger partial charge in [0.2, 0.25) is 11.8 Å². The van der Waals surface area contributed by atoms with Gasteiger partial charge in [-0.25, -0.2) is 10.6 Å². The van der Waals surface area contributed by atoms with Crippen LogP contribution in [0.4, 0.5) is 10.5 Å². The van der Waals surface area contributed by atoms with E-state index in [0.29, 0.717) is 5.69 Å². The van der Waals surface area contributed by atoms with E-state index >= 15 is 0 Å². The quantitative estimate of drug-likeness (QED) is 0.422. The molecule has 4 N–H and O–H groups in total. The molecule has 1 aromatic carbocycles. The molecular weight excluding hydrogens is 348 g/mol. The fraction of sp³-hybridized carbons (Fsp3) is 0.526. The molecule has 1 saturated heterocycles. The van der Waals surface area contributed by atoms with Crippen molar-refractivity contribution < 1.29 is 19.1 Å². The topological polar surface area (TPSA) is 114 Å². The standard InChI is InChI=1S/C19H28N4O4/c1-11-6-7-15(12(2)8-11)21-16(24)13-9-23(10-14(13)17(25)22-20)18(26)27-19(3,4)5/h6-8,13-14H,9-10,20H2,1-5H3,(H,21,24)(H,22,25)/t13-,14-/m0/s1. The van der Waals surface area contributed by atoms with E-state index in [1.165, 1.54) is 4.90 Å². The lowest BCUT2D eigenvalue weighted by molar-refractivity contribution is -0.130. The van der Waals surface area contributed by atoms with Crippen LogP contribution in [0.1, 0.15) is 31.9 Å². The molecule has 1 aliphatic heterocycles. The highest BCUT2D eigenvalue weighted by molar-refractivity contribution is 5.97. The molecule has 148 valence electrons. The first kappa shape index (κ1) is 20.7. The maximum atomic E-state index is 12.8. The van der Waals surface area contributed by atoms with Crippen molar-refractivity contribution in [3.63, 3.8) is 0 Å². The van der Waals surface area contributed by atoms with Crippen molar-refractivity contribution in [2.45, 2.75) is 40.2 Å². The lowest BCUT2D eigenvalue weighted by Gasteiger charge is -2.24. The van der Waals surface area contributed by atoms with Crippen LogP contribution in [0.3, 0.4) is 0 Å². The Kier molecular flexibility index (Phi) is 6.10. The monoisotopic (exact) mass is 376 g/mol. The molecule has 0 spiro atoms. The second kappa shape index (κ2) is 7.96. The Morgan fingerprint density at radius 1 is 1.11 bits per heavy atom. The molecule has 1 fully saturated rings. The van der Waals surface area contributed by atoms with E-state index in [0.717, 1.165) is 11.1 Å². The number of amides is 3. The van der Waals surface area contributed by atoms with Gasteiger partial charge in [0.25, 0.3) is 0 Å². The maximum absolute atomic E-state index is 12.8. The van der Waals surface area contributed by atoms with E-state index in [9.17, 15) is 14.4 Å². The van der Waals surface area contributed by atoms with E-state index in [-0.39, 0.29) is 19.0 Å². The molecule has 8 heteroatoms.